The second-order valence-electron chi connectivity index (χ2n) is 8.22. The highest BCUT2D eigenvalue weighted by Gasteiger charge is 2.16. The zero-order chi connectivity index (χ0) is 22.3. The zero-order valence-corrected chi connectivity index (χ0v) is 19.5. The first kappa shape index (κ1) is 24.3. The largest absolute Gasteiger partial charge is 0.467 e. The normalized spacial score (nSPS) is 15.7. The maximum atomic E-state index is 5.60. The Morgan fingerprint density at radius 2 is 1.69 bits per heavy atom. The van der Waals surface area contributed by atoms with Gasteiger partial charge in [0.15, 0.2) is 5.96 Å². The molecule has 2 aromatic rings. The van der Waals surface area contributed by atoms with E-state index < -0.39 is 0 Å². The number of ether oxygens (including phenoxy) is 1. The SMILES string of the molecule is CN=C(NCCCCN1CCN(Cc2ccccc2)CC1)NCCCOCc1ccco1. The average molecular weight is 442 g/mol. The standard InChI is InChI=1S/C25H39N5O2/c1-26-25(28-13-8-19-31-22-24-11-7-20-32-24)27-12-5-6-14-29-15-17-30(18-16-29)21-23-9-3-2-4-10-23/h2-4,7,9-11,20H,5-6,8,12-19,21-22H2,1H3,(H2,26,27,28). The molecule has 7 nitrogen and oxygen atoms in total. The van der Waals surface area contributed by atoms with Gasteiger partial charge in [-0.1, -0.05) is 30.3 Å². The van der Waals surface area contributed by atoms with Crippen molar-refractivity contribution < 1.29 is 9.15 Å². The van der Waals surface area contributed by atoms with Crippen LogP contribution in [-0.4, -0.2) is 75.2 Å². The van der Waals surface area contributed by atoms with E-state index in [1.165, 1.54) is 31.6 Å². The minimum Gasteiger partial charge on any atom is -0.467 e. The number of hydrogen-bond acceptors (Lipinski definition) is 5. The number of unbranched alkanes of at least 4 members (excludes halogenated alkanes) is 1. The molecule has 0 spiro atoms. The first-order valence-corrected chi connectivity index (χ1v) is 11.9. The number of rotatable bonds is 13. The van der Waals surface area contributed by atoms with Gasteiger partial charge in [-0.25, -0.2) is 0 Å². The molecule has 2 heterocycles. The van der Waals surface area contributed by atoms with Gasteiger partial charge >= 0.3 is 0 Å². The number of hydrogen-bond donors (Lipinski definition) is 2. The summed E-state index contributed by atoms with van der Waals surface area (Å²) in [6, 6.07) is 14.6. The predicted molar refractivity (Wildman–Crippen MR) is 130 cm³/mol. The zero-order valence-electron chi connectivity index (χ0n) is 19.5. The van der Waals surface area contributed by atoms with Crippen molar-refractivity contribution in [3.05, 3.63) is 60.1 Å². The molecular formula is C25H39N5O2. The van der Waals surface area contributed by atoms with Crippen molar-refractivity contribution >= 4 is 5.96 Å². The number of benzene rings is 1. The van der Waals surface area contributed by atoms with Crippen LogP contribution in [0.3, 0.4) is 0 Å². The smallest absolute Gasteiger partial charge is 0.190 e. The third kappa shape index (κ3) is 9.42. The van der Waals surface area contributed by atoms with Gasteiger partial charge in [0.1, 0.15) is 12.4 Å². The van der Waals surface area contributed by atoms with Crippen molar-refractivity contribution in [1.29, 1.82) is 0 Å². The molecule has 1 saturated heterocycles. The number of aliphatic imine (C=N–C) groups is 1. The molecule has 7 heteroatoms. The maximum Gasteiger partial charge on any atom is 0.190 e. The summed E-state index contributed by atoms with van der Waals surface area (Å²) >= 11 is 0. The van der Waals surface area contributed by atoms with Gasteiger partial charge in [0.2, 0.25) is 0 Å². The monoisotopic (exact) mass is 441 g/mol. The van der Waals surface area contributed by atoms with Gasteiger partial charge < -0.3 is 24.7 Å². The third-order valence-corrected chi connectivity index (χ3v) is 5.71. The van der Waals surface area contributed by atoms with Crippen molar-refractivity contribution in [2.24, 2.45) is 4.99 Å². The van der Waals surface area contributed by atoms with Crippen LogP contribution in [0.2, 0.25) is 0 Å². The molecule has 3 rings (SSSR count). The first-order chi connectivity index (χ1) is 15.8. The summed E-state index contributed by atoms with van der Waals surface area (Å²) in [6.07, 6.45) is 4.96. The topological polar surface area (TPSA) is 65.3 Å². The number of piperazine rings is 1. The lowest BCUT2D eigenvalue weighted by atomic mass is 10.2. The Balaban J connectivity index is 1.15. The van der Waals surface area contributed by atoms with Crippen molar-refractivity contribution in [3.63, 3.8) is 0 Å². The van der Waals surface area contributed by atoms with E-state index in [1.54, 1.807) is 6.26 Å². The summed E-state index contributed by atoms with van der Waals surface area (Å²) in [5.41, 5.74) is 1.41. The van der Waals surface area contributed by atoms with E-state index in [-0.39, 0.29) is 0 Å². The molecule has 32 heavy (non-hydrogen) atoms. The molecule has 0 radical (unpaired) electrons. The summed E-state index contributed by atoms with van der Waals surface area (Å²) < 4.78 is 10.8. The maximum absolute atomic E-state index is 5.60. The van der Waals surface area contributed by atoms with Gasteiger partial charge in [0.05, 0.1) is 6.26 Å². The average Bonchev–Trinajstić information content (AvgIpc) is 3.35. The molecule has 0 amide bonds. The van der Waals surface area contributed by atoms with Crippen LogP contribution < -0.4 is 10.6 Å². The summed E-state index contributed by atoms with van der Waals surface area (Å²) in [4.78, 5) is 9.45. The number of nitrogens with zero attached hydrogens (tertiary/aromatic N) is 3. The third-order valence-electron chi connectivity index (χ3n) is 5.71. The van der Waals surface area contributed by atoms with E-state index in [0.717, 1.165) is 57.3 Å². The van der Waals surface area contributed by atoms with E-state index >= 15 is 0 Å². The molecule has 1 aliphatic heterocycles. The lowest BCUT2D eigenvalue weighted by Crippen LogP contribution is -2.46. The van der Waals surface area contributed by atoms with Crippen LogP contribution in [-0.2, 0) is 17.9 Å². The molecule has 1 aromatic heterocycles. The second kappa shape index (κ2) is 14.7. The van der Waals surface area contributed by atoms with Gasteiger partial charge in [-0.3, -0.25) is 9.89 Å². The Morgan fingerprint density at radius 3 is 2.41 bits per heavy atom. The Hall–Kier alpha value is -2.35. The fourth-order valence-corrected chi connectivity index (χ4v) is 3.85. The van der Waals surface area contributed by atoms with E-state index in [9.17, 15) is 0 Å². The fourth-order valence-electron chi connectivity index (χ4n) is 3.85. The molecule has 1 fully saturated rings. The van der Waals surface area contributed by atoms with Crippen LogP contribution in [0.25, 0.3) is 0 Å². The van der Waals surface area contributed by atoms with Crippen molar-refractivity contribution in [1.82, 2.24) is 20.4 Å². The molecule has 0 saturated carbocycles. The predicted octanol–water partition coefficient (Wildman–Crippen LogP) is 2.95. The van der Waals surface area contributed by atoms with Crippen molar-refractivity contribution in [3.8, 4) is 0 Å². The van der Waals surface area contributed by atoms with Crippen molar-refractivity contribution in [2.75, 3.05) is 59.5 Å². The fraction of sp³-hybridized carbons (Fsp3) is 0.560. The summed E-state index contributed by atoms with van der Waals surface area (Å²) in [5.74, 6) is 1.73. The lowest BCUT2D eigenvalue weighted by molar-refractivity contribution is 0.105. The molecule has 2 N–H and O–H groups in total. The molecule has 1 aromatic carbocycles. The minimum absolute atomic E-state index is 0.530. The van der Waals surface area contributed by atoms with E-state index in [0.29, 0.717) is 13.2 Å². The summed E-state index contributed by atoms with van der Waals surface area (Å²) in [5, 5.41) is 6.76. The highest BCUT2D eigenvalue weighted by Crippen LogP contribution is 2.09. The molecular weight excluding hydrogens is 402 g/mol. The minimum atomic E-state index is 0.530. The Kier molecular flexibility index (Phi) is 11.1. The second-order valence-corrected chi connectivity index (χ2v) is 8.22. The van der Waals surface area contributed by atoms with E-state index in [2.05, 4.69) is 55.8 Å². The molecule has 0 atom stereocenters. The molecule has 176 valence electrons. The van der Waals surface area contributed by atoms with Crippen LogP contribution in [0.1, 0.15) is 30.6 Å². The van der Waals surface area contributed by atoms with E-state index in [1.807, 2.05) is 19.2 Å². The van der Waals surface area contributed by atoms with Crippen molar-refractivity contribution in [2.45, 2.75) is 32.4 Å². The number of guanidine groups is 1. The Morgan fingerprint density at radius 1 is 0.938 bits per heavy atom. The van der Waals surface area contributed by atoms with Crippen LogP contribution in [0, 0.1) is 0 Å². The van der Waals surface area contributed by atoms with Gasteiger partial charge in [-0.05, 0) is 43.5 Å². The van der Waals surface area contributed by atoms with Gasteiger partial charge in [-0.15, -0.1) is 0 Å². The highest BCUT2D eigenvalue weighted by molar-refractivity contribution is 5.79. The Bertz CT molecular complexity index is 743. The molecule has 0 aliphatic carbocycles. The van der Waals surface area contributed by atoms with Crippen LogP contribution >= 0.6 is 0 Å². The van der Waals surface area contributed by atoms with Gasteiger partial charge in [0.25, 0.3) is 0 Å². The molecule has 0 unspecified atom stereocenters. The quantitative estimate of drug-likeness (QED) is 0.283. The van der Waals surface area contributed by atoms with Crippen LogP contribution in [0.15, 0.2) is 58.1 Å². The van der Waals surface area contributed by atoms with Gasteiger partial charge in [0, 0.05) is 59.5 Å². The number of furan rings is 1. The lowest BCUT2D eigenvalue weighted by Gasteiger charge is -2.34. The summed E-state index contributed by atoms with van der Waals surface area (Å²) in [7, 11) is 1.82. The summed E-state index contributed by atoms with van der Waals surface area (Å²) in [6.45, 7) is 9.93. The first-order valence-electron chi connectivity index (χ1n) is 11.9. The number of nitrogens with one attached hydrogen (secondary N) is 2. The molecule has 0 bridgehead atoms. The van der Waals surface area contributed by atoms with E-state index in [4.69, 9.17) is 9.15 Å². The highest BCUT2D eigenvalue weighted by atomic mass is 16.5. The Labute approximate surface area is 192 Å². The van der Waals surface area contributed by atoms with Crippen LogP contribution in [0.5, 0.6) is 0 Å². The van der Waals surface area contributed by atoms with Crippen LogP contribution in [0.4, 0.5) is 0 Å². The molecule has 1 aliphatic rings. The van der Waals surface area contributed by atoms with Gasteiger partial charge in [-0.2, -0.15) is 0 Å².